The monoisotopic (exact) mass is 390 g/mol. The summed E-state index contributed by atoms with van der Waals surface area (Å²) in [5.74, 6) is 0.297. The van der Waals surface area contributed by atoms with Crippen molar-refractivity contribution < 1.29 is 9.72 Å². The van der Waals surface area contributed by atoms with E-state index in [0.717, 1.165) is 5.56 Å². The Labute approximate surface area is 156 Å². The topological polar surface area (TPSA) is 107 Å². The lowest BCUT2D eigenvalue weighted by Gasteiger charge is -2.08. The van der Waals surface area contributed by atoms with E-state index in [4.69, 9.17) is 0 Å². The zero-order valence-corrected chi connectivity index (χ0v) is 15.3. The van der Waals surface area contributed by atoms with Crippen molar-refractivity contribution in [1.82, 2.24) is 9.38 Å². The van der Waals surface area contributed by atoms with Crippen LogP contribution in [-0.2, 0) is 10.5 Å². The Morgan fingerprint density at radius 3 is 3.00 bits per heavy atom. The van der Waals surface area contributed by atoms with Crippen LogP contribution in [-0.4, -0.2) is 26.0 Å². The first-order valence-corrected chi connectivity index (χ1v) is 9.56. The van der Waals surface area contributed by atoms with Gasteiger partial charge in [-0.2, -0.15) is 0 Å². The largest absolute Gasteiger partial charge is 0.325 e. The van der Waals surface area contributed by atoms with E-state index in [1.807, 2.05) is 0 Å². The molecule has 0 saturated carbocycles. The van der Waals surface area contributed by atoms with Crippen molar-refractivity contribution >= 4 is 45.3 Å². The molecule has 0 fully saturated rings. The van der Waals surface area contributed by atoms with Gasteiger partial charge in [0.2, 0.25) is 5.91 Å². The molecule has 134 valence electrons. The van der Waals surface area contributed by atoms with Gasteiger partial charge in [-0.3, -0.25) is 24.1 Å². The normalized spacial score (nSPS) is 10.8. The molecule has 3 rings (SSSR count). The van der Waals surface area contributed by atoms with Gasteiger partial charge in [-0.05, 0) is 12.5 Å². The number of thioether (sulfide) groups is 1. The Hall–Kier alpha value is -2.72. The zero-order valence-electron chi connectivity index (χ0n) is 13.7. The Morgan fingerprint density at radius 1 is 1.42 bits per heavy atom. The number of nitrogens with one attached hydrogen (secondary N) is 1. The first kappa shape index (κ1) is 18.1. The van der Waals surface area contributed by atoms with Crippen LogP contribution in [0, 0.1) is 17.0 Å². The van der Waals surface area contributed by atoms with Gasteiger partial charge in [0.1, 0.15) is 0 Å². The molecule has 0 aliphatic heterocycles. The van der Waals surface area contributed by atoms with Crippen LogP contribution in [0.25, 0.3) is 4.96 Å². The lowest BCUT2D eigenvalue weighted by atomic mass is 10.2. The van der Waals surface area contributed by atoms with Crippen molar-refractivity contribution in [3.05, 3.63) is 67.6 Å². The Bertz CT molecular complexity index is 1040. The van der Waals surface area contributed by atoms with E-state index in [-0.39, 0.29) is 22.9 Å². The second kappa shape index (κ2) is 7.67. The fraction of sp³-hybridized carbons (Fsp3) is 0.188. The van der Waals surface area contributed by atoms with Crippen LogP contribution < -0.4 is 10.9 Å². The van der Waals surface area contributed by atoms with Crippen LogP contribution >= 0.6 is 23.1 Å². The third kappa shape index (κ3) is 4.09. The lowest BCUT2D eigenvalue weighted by molar-refractivity contribution is -0.384. The molecule has 0 atom stereocenters. The summed E-state index contributed by atoms with van der Waals surface area (Å²) in [6, 6.07) is 5.78. The number of nitrogens with zero attached hydrogens (tertiary/aromatic N) is 3. The van der Waals surface area contributed by atoms with Gasteiger partial charge < -0.3 is 5.32 Å². The minimum atomic E-state index is -0.505. The van der Waals surface area contributed by atoms with Gasteiger partial charge in [-0.1, -0.05) is 6.07 Å². The number of nitro benzene ring substituents is 1. The molecule has 1 amide bonds. The number of aromatic nitrogens is 2. The van der Waals surface area contributed by atoms with Crippen molar-refractivity contribution in [1.29, 1.82) is 0 Å². The SMILES string of the molecule is Cc1ccc([N+](=O)[O-])cc1NC(=O)CSCc1cc(=O)n2ccsc2n1. The van der Waals surface area contributed by atoms with Gasteiger partial charge in [0.25, 0.3) is 11.2 Å². The Morgan fingerprint density at radius 2 is 2.23 bits per heavy atom. The number of fused-ring (bicyclic) bond motifs is 1. The molecule has 0 aliphatic carbocycles. The predicted molar refractivity (Wildman–Crippen MR) is 102 cm³/mol. The summed E-state index contributed by atoms with van der Waals surface area (Å²) in [5, 5.41) is 15.3. The molecule has 26 heavy (non-hydrogen) atoms. The summed E-state index contributed by atoms with van der Waals surface area (Å²) in [7, 11) is 0. The van der Waals surface area contributed by atoms with Gasteiger partial charge in [0.05, 0.1) is 22.1 Å². The van der Waals surface area contributed by atoms with Gasteiger partial charge in [0, 0.05) is 35.5 Å². The van der Waals surface area contributed by atoms with E-state index in [1.54, 1.807) is 24.6 Å². The number of non-ortho nitro benzene ring substituents is 1. The molecular formula is C16H14N4O4S2. The van der Waals surface area contributed by atoms with Gasteiger partial charge >= 0.3 is 0 Å². The van der Waals surface area contributed by atoms with E-state index >= 15 is 0 Å². The maximum absolute atomic E-state index is 12.1. The van der Waals surface area contributed by atoms with Gasteiger partial charge in [-0.25, -0.2) is 4.98 Å². The smallest absolute Gasteiger partial charge is 0.271 e. The Kier molecular flexibility index (Phi) is 5.33. The van der Waals surface area contributed by atoms with Crippen LogP contribution in [0.1, 0.15) is 11.3 Å². The first-order chi connectivity index (χ1) is 12.4. The number of carbonyl (C=O) groups is 1. The molecule has 0 bridgehead atoms. The maximum Gasteiger partial charge on any atom is 0.271 e. The number of carbonyl (C=O) groups excluding carboxylic acids is 1. The zero-order chi connectivity index (χ0) is 18.7. The maximum atomic E-state index is 12.1. The summed E-state index contributed by atoms with van der Waals surface area (Å²) in [6.07, 6.45) is 1.67. The molecule has 2 aromatic heterocycles. The highest BCUT2D eigenvalue weighted by molar-refractivity contribution is 7.99. The summed E-state index contributed by atoms with van der Waals surface area (Å²) in [6.45, 7) is 1.76. The minimum Gasteiger partial charge on any atom is -0.325 e. The molecular weight excluding hydrogens is 376 g/mol. The highest BCUT2D eigenvalue weighted by atomic mass is 32.2. The lowest BCUT2D eigenvalue weighted by Crippen LogP contribution is -2.16. The van der Waals surface area contributed by atoms with Crippen LogP contribution in [0.3, 0.4) is 0 Å². The fourth-order valence-electron chi connectivity index (χ4n) is 2.25. The number of amides is 1. The molecule has 3 aromatic rings. The molecule has 8 nitrogen and oxygen atoms in total. The van der Waals surface area contributed by atoms with E-state index in [2.05, 4.69) is 10.3 Å². The number of rotatable bonds is 6. The van der Waals surface area contributed by atoms with Crippen molar-refractivity contribution in [2.24, 2.45) is 0 Å². The van der Waals surface area contributed by atoms with Crippen molar-refractivity contribution in [3.63, 3.8) is 0 Å². The van der Waals surface area contributed by atoms with E-state index < -0.39 is 4.92 Å². The molecule has 1 N–H and O–H groups in total. The van der Waals surface area contributed by atoms with Gasteiger partial charge in [0.15, 0.2) is 4.96 Å². The van der Waals surface area contributed by atoms with E-state index in [1.165, 1.54) is 45.7 Å². The average molecular weight is 390 g/mol. The number of nitro groups is 1. The Balaban J connectivity index is 1.59. The molecule has 2 heterocycles. The predicted octanol–water partition coefficient (Wildman–Crippen LogP) is 2.84. The molecule has 0 aliphatic rings. The summed E-state index contributed by atoms with van der Waals surface area (Å²) in [5.41, 5.74) is 1.55. The summed E-state index contributed by atoms with van der Waals surface area (Å²) >= 11 is 2.69. The van der Waals surface area contributed by atoms with Crippen LogP contribution in [0.5, 0.6) is 0 Å². The van der Waals surface area contributed by atoms with Crippen molar-refractivity contribution in [2.45, 2.75) is 12.7 Å². The number of anilines is 1. The highest BCUT2D eigenvalue weighted by Crippen LogP contribution is 2.22. The fourth-order valence-corrected chi connectivity index (χ4v) is 3.71. The number of benzene rings is 1. The summed E-state index contributed by atoms with van der Waals surface area (Å²) in [4.78, 5) is 39.3. The van der Waals surface area contributed by atoms with Crippen LogP contribution in [0.2, 0.25) is 0 Å². The number of aryl methyl sites for hydroxylation is 1. The van der Waals surface area contributed by atoms with Crippen molar-refractivity contribution in [3.8, 4) is 0 Å². The van der Waals surface area contributed by atoms with E-state index in [9.17, 15) is 19.7 Å². The minimum absolute atomic E-state index is 0.0764. The third-order valence-electron chi connectivity index (χ3n) is 3.55. The van der Waals surface area contributed by atoms with Crippen LogP contribution in [0.15, 0.2) is 40.6 Å². The second-order valence-electron chi connectivity index (χ2n) is 5.44. The average Bonchev–Trinajstić information content (AvgIpc) is 3.06. The van der Waals surface area contributed by atoms with Crippen LogP contribution in [0.4, 0.5) is 11.4 Å². The number of thiazole rings is 1. The molecule has 0 radical (unpaired) electrons. The first-order valence-electron chi connectivity index (χ1n) is 7.52. The molecule has 0 spiro atoms. The highest BCUT2D eigenvalue weighted by Gasteiger charge is 2.11. The quantitative estimate of drug-likeness (QED) is 0.512. The molecule has 1 aromatic carbocycles. The summed E-state index contributed by atoms with van der Waals surface area (Å²) < 4.78 is 1.47. The standard InChI is InChI=1S/C16H14N4O4S2/c1-10-2-3-12(20(23)24)7-13(10)18-14(21)9-25-8-11-6-15(22)19-4-5-26-16(19)17-11/h2-7H,8-9H2,1H3,(H,18,21). The number of hydrogen-bond acceptors (Lipinski definition) is 7. The second-order valence-corrected chi connectivity index (χ2v) is 7.30. The van der Waals surface area contributed by atoms with Gasteiger partial charge in [-0.15, -0.1) is 23.1 Å². The van der Waals surface area contributed by atoms with Crippen molar-refractivity contribution in [2.75, 3.05) is 11.1 Å². The molecule has 10 heteroatoms. The molecule has 0 saturated heterocycles. The number of hydrogen-bond donors (Lipinski definition) is 1. The van der Waals surface area contributed by atoms with E-state index in [0.29, 0.717) is 22.1 Å². The third-order valence-corrected chi connectivity index (χ3v) is 5.27. The molecule has 0 unspecified atom stereocenters.